The molecule has 0 saturated heterocycles. The van der Waals surface area contributed by atoms with Crippen molar-refractivity contribution >= 4 is 21.4 Å². The Bertz CT molecular complexity index is 1200. The topological polar surface area (TPSA) is 110 Å². The fraction of sp³-hybridized carbons (Fsp3) is 0.273. The van der Waals surface area contributed by atoms with Gasteiger partial charge < -0.3 is 15.8 Å². The maximum atomic E-state index is 11.9. The number of fused-ring (bicyclic) bond motifs is 1. The molecule has 2 aromatic carbocycles. The third-order valence-corrected chi connectivity index (χ3v) is 6.66. The van der Waals surface area contributed by atoms with E-state index in [-0.39, 0.29) is 0 Å². The number of nitrogens with zero attached hydrogens (tertiary/aromatic N) is 3. The van der Waals surface area contributed by atoms with E-state index in [9.17, 15) is 8.42 Å². The van der Waals surface area contributed by atoms with E-state index in [1.165, 1.54) is 10.6 Å². The lowest BCUT2D eigenvalue weighted by Crippen LogP contribution is -2.35. The number of nitrogens with one attached hydrogen (secondary N) is 1. The van der Waals surface area contributed by atoms with Crippen molar-refractivity contribution in [1.82, 2.24) is 14.3 Å². The third-order valence-electron chi connectivity index (χ3n) is 5.41. The summed E-state index contributed by atoms with van der Waals surface area (Å²) in [6, 6.07) is 11.8. The third kappa shape index (κ3) is 4.53. The Hall–Kier alpha value is -3.01. The number of benzene rings is 2. The number of hydrogen-bond acceptors (Lipinski definition) is 7. The monoisotopic (exact) mass is 439 g/mol. The van der Waals surface area contributed by atoms with E-state index in [0.717, 1.165) is 33.6 Å². The molecular formula is C22H25N5O3S. The number of hydrogen-bond donors (Lipinski definition) is 2. The molecule has 0 spiro atoms. The van der Waals surface area contributed by atoms with Gasteiger partial charge in [-0.1, -0.05) is 18.2 Å². The maximum Gasteiger partial charge on any atom is 0.211 e. The first-order valence-electron chi connectivity index (χ1n) is 9.91. The summed E-state index contributed by atoms with van der Waals surface area (Å²) in [5, 5.41) is 3.48. The van der Waals surface area contributed by atoms with Crippen molar-refractivity contribution in [2.75, 3.05) is 25.2 Å². The fourth-order valence-corrected chi connectivity index (χ4v) is 4.54. The SMILES string of the molecule is COc1cnc(-c2cc(Nc3cccc4c3CCN(S(C)(=O)=O)C4)ccc2CN)nc1. The van der Waals surface area contributed by atoms with Crippen LogP contribution in [0.1, 0.15) is 16.7 Å². The summed E-state index contributed by atoms with van der Waals surface area (Å²) in [7, 11) is -1.64. The molecule has 0 unspecified atom stereocenters. The van der Waals surface area contributed by atoms with E-state index < -0.39 is 10.0 Å². The Morgan fingerprint density at radius 3 is 2.65 bits per heavy atom. The second-order valence-electron chi connectivity index (χ2n) is 7.44. The highest BCUT2D eigenvalue weighted by atomic mass is 32.2. The first-order chi connectivity index (χ1) is 14.9. The van der Waals surface area contributed by atoms with Crippen LogP contribution in [0.25, 0.3) is 11.4 Å². The van der Waals surface area contributed by atoms with Crippen LogP contribution in [-0.2, 0) is 29.5 Å². The molecule has 1 aliphatic heterocycles. The lowest BCUT2D eigenvalue weighted by molar-refractivity contribution is 0.395. The molecule has 0 saturated carbocycles. The van der Waals surface area contributed by atoms with Gasteiger partial charge in [0, 0.05) is 36.6 Å². The van der Waals surface area contributed by atoms with Crippen LogP contribution in [0.4, 0.5) is 11.4 Å². The van der Waals surface area contributed by atoms with E-state index in [4.69, 9.17) is 10.5 Å². The van der Waals surface area contributed by atoms with Crippen LogP contribution in [0.2, 0.25) is 0 Å². The largest absolute Gasteiger partial charge is 0.494 e. The van der Waals surface area contributed by atoms with E-state index in [1.807, 2.05) is 36.4 Å². The molecule has 0 aliphatic carbocycles. The number of ether oxygens (including phenoxy) is 1. The molecule has 1 aliphatic rings. The molecule has 9 heteroatoms. The Kier molecular flexibility index (Phi) is 5.90. The predicted octanol–water partition coefficient (Wildman–Crippen LogP) is 2.67. The van der Waals surface area contributed by atoms with Crippen LogP contribution in [0.15, 0.2) is 48.8 Å². The van der Waals surface area contributed by atoms with Crippen LogP contribution >= 0.6 is 0 Å². The molecule has 3 aromatic rings. The molecule has 162 valence electrons. The summed E-state index contributed by atoms with van der Waals surface area (Å²) in [6.07, 6.45) is 5.16. The van der Waals surface area contributed by atoms with Crippen LogP contribution in [0.5, 0.6) is 5.75 Å². The first-order valence-corrected chi connectivity index (χ1v) is 11.8. The quantitative estimate of drug-likeness (QED) is 0.607. The normalized spacial score (nSPS) is 14.2. The number of aromatic nitrogens is 2. The molecule has 4 rings (SSSR count). The Labute approximate surface area is 182 Å². The van der Waals surface area contributed by atoms with Gasteiger partial charge in [-0.2, -0.15) is 4.31 Å². The number of methoxy groups -OCH3 is 1. The van der Waals surface area contributed by atoms with Crippen molar-refractivity contribution < 1.29 is 13.2 Å². The van der Waals surface area contributed by atoms with Crippen molar-refractivity contribution in [3.05, 3.63) is 65.5 Å². The number of nitrogens with two attached hydrogens (primary N) is 1. The summed E-state index contributed by atoms with van der Waals surface area (Å²) in [5.74, 6) is 1.16. The minimum atomic E-state index is -3.21. The van der Waals surface area contributed by atoms with Crippen LogP contribution in [-0.4, -0.2) is 42.6 Å². The second kappa shape index (κ2) is 8.62. The minimum Gasteiger partial charge on any atom is -0.494 e. The first kappa shape index (κ1) is 21.2. The standard InChI is InChI=1S/C22H25N5O3S/c1-30-18-12-24-22(25-13-18)20-10-17(7-6-15(20)11-23)26-21-5-3-4-16-14-27(31(2,28)29)9-8-19(16)21/h3-7,10,12-13,26H,8-9,11,14,23H2,1-2H3. The molecular weight excluding hydrogens is 414 g/mol. The van der Waals surface area contributed by atoms with Gasteiger partial charge in [-0.3, -0.25) is 0 Å². The molecule has 0 radical (unpaired) electrons. The van der Waals surface area contributed by atoms with E-state index in [0.29, 0.717) is 37.6 Å². The van der Waals surface area contributed by atoms with E-state index in [2.05, 4.69) is 15.3 Å². The summed E-state index contributed by atoms with van der Waals surface area (Å²) in [4.78, 5) is 8.79. The highest BCUT2D eigenvalue weighted by Gasteiger charge is 2.24. The summed E-state index contributed by atoms with van der Waals surface area (Å²) in [5.41, 5.74) is 11.7. The van der Waals surface area contributed by atoms with Crippen molar-refractivity contribution in [3.8, 4) is 17.1 Å². The average molecular weight is 440 g/mol. The molecule has 0 atom stereocenters. The highest BCUT2D eigenvalue weighted by molar-refractivity contribution is 7.88. The zero-order valence-corrected chi connectivity index (χ0v) is 18.3. The smallest absolute Gasteiger partial charge is 0.211 e. The molecule has 1 aromatic heterocycles. The predicted molar refractivity (Wildman–Crippen MR) is 121 cm³/mol. The molecule has 0 amide bonds. The average Bonchev–Trinajstić information content (AvgIpc) is 2.78. The lowest BCUT2D eigenvalue weighted by atomic mass is 9.98. The van der Waals surface area contributed by atoms with Gasteiger partial charge >= 0.3 is 0 Å². The van der Waals surface area contributed by atoms with Crippen molar-refractivity contribution in [2.45, 2.75) is 19.5 Å². The van der Waals surface area contributed by atoms with Gasteiger partial charge in [0.2, 0.25) is 10.0 Å². The van der Waals surface area contributed by atoms with Gasteiger partial charge in [0.05, 0.1) is 25.8 Å². The van der Waals surface area contributed by atoms with Crippen LogP contribution < -0.4 is 15.8 Å². The minimum absolute atomic E-state index is 0.368. The summed E-state index contributed by atoms with van der Waals surface area (Å²) in [6.45, 7) is 1.23. The highest BCUT2D eigenvalue weighted by Crippen LogP contribution is 2.31. The van der Waals surface area contributed by atoms with Crippen LogP contribution in [0, 0.1) is 0 Å². The van der Waals surface area contributed by atoms with Gasteiger partial charge in [-0.05, 0) is 41.3 Å². The van der Waals surface area contributed by atoms with Gasteiger partial charge in [0.1, 0.15) is 0 Å². The molecule has 8 nitrogen and oxygen atoms in total. The van der Waals surface area contributed by atoms with Gasteiger partial charge in [-0.25, -0.2) is 18.4 Å². The Morgan fingerprint density at radius 2 is 1.97 bits per heavy atom. The van der Waals surface area contributed by atoms with Crippen molar-refractivity contribution in [2.24, 2.45) is 5.73 Å². The van der Waals surface area contributed by atoms with Gasteiger partial charge in [0.25, 0.3) is 0 Å². The van der Waals surface area contributed by atoms with E-state index >= 15 is 0 Å². The lowest BCUT2D eigenvalue weighted by Gasteiger charge is -2.28. The maximum absolute atomic E-state index is 11.9. The van der Waals surface area contributed by atoms with Crippen LogP contribution in [0.3, 0.4) is 0 Å². The number of rotatable bonds is 6. The Morgan fingerprint density at radius 1 is 1.19 bits per heavy atom. The Balaban J connectivity index is 1.65. The molecule has 3 N–H and O–H groups in total. The van der Waals surface area contributed by atoms with Gasteiger partial charge in [-0.15, -0.1) is 0 Å². The van der Waals surface area contributed by atoms with Crippen molar-refractivity contribution in [1.29, 1.82) is 0 Å². The van der Waals surface area contributed by atoms with E-state index in [1.54, 1.807) is 19.5 Å². The zero-order chi connectivity index (χ0) is 22.0. The van der Waals surface area contributed by atoms with Gasteiger partial charge in [0.15, 0.2) is 11.6 Å². The summed E-state index contributed by atoms with van der Waals surface area (Å²) >= 11 is 0. The summed E-state index contributed by atoms with van der Waals surface area (Å²) < 4.78 is 30.5. The zero-order valence-electron chi connectivity index (χ0n) is 17.5. The second-order valence-corrected chi connectivity index (χ2v) is 9.42. The molecule has 31 heavy (non-hydrogen) atoms. The molecule has 0 bridgehead atoms. The number of anilines is 2. The molecule has 0 fully saturated rings. The number of sulfonamides is 1. The molecule has 2 heterocycles. The fourth-order valence-electron chi connectivity index (χ4n) is 3.74. The van der Waals surface area contributed by atoms with Crippen molar-refractivity contribution in [3.63, 3.8) is 0 Å².